The van der Waals surface area contributed by atoms with E-state index < -0.39 is 10.0 Å². The first-order valence-corrected chi connectivity index (χ1v) is 9.17. The first-order valence-electron chi connectivity index (χ1n) is 7.52. The number of anilines is 1. The van der Waals surface area contributed by atoms with Crippen molar-refractivity contribution in [3.8, 4) is 0 Å². The smallest absolute Gasteiger partial charge is 0.213 e. The van der Waals surface area contributed by atoms with Crippen LogP contribution in [0.1, 0.15) is 24.5 Å². The van der Waals surface area contributed by atoms with Gasteiger partial charge in [0.25, 0.3) is 0 Å². The molecule has 2 N–H and O–H groups in total. The van der Waals surface area contributed by atoms with Crippen LogP contribution < -0.4 is 10.0 Å². The molecule has 1 aliphatic rings. The van der Waals surface area contributed by atoms with Crippen molar-refractivity contribution in [2.24, 2.45) is 0 Å². The van der Waals surface area contributed by atoms with E-state index in [1.165, 1.54) is 16.8 Å². The molecule has 0 aromatic heterocycles. The second-order valence-electron chi connectivity index (χ2n) is 5.14. The molecule has 0 spiro atoms. The summed E-state index contributed by atoms with van der Waals surface area (Å²) in [5, 5.41) is 3.42. The van der Waals surface area contributed by atoms with Gasteiger partial charge in [-0.25, -0.2) is 13.1 Å². The standard InChI is InChI=1S/C15H24N2O3S/c1-2-20-11-12-21(18,19)17-10-8-14-6-3-5-13-7-4-9-16-15(13)14/h3,5-6,16-17H,2,4,7-12H2,1H3. The molecule has 118 valence electrons. The van der Waals surface area contributed by atoms with E-state index in [-0.39, 0.29) is 12.4 Å². The minimum atomic E-state index is -3.24. The lowest BCUT2D eigenvalue weighted by Gasteiger charge is -2.21. The Morgan fingerprint density at radius 3 is 3.05 bits per heavy atom. The maximum absolute atomic E-state index is 11.8. The number of nitrogens with one attached hydrogen (secondary N) is 2. The molecule has 0 aliphatic carbocycles. The molecule has 2 rings (SSSR count). The molecular weight excluding hydrogens is 288 g/mol. The van der Waals surface area contributed by atoms with Crippen molar-refractivity contribution < 1.29 is 13.2 Å². The van der Waals surface area contributed by atoms with Crippen molar-refractivity contribution in [3.63, 3.8) is 0 Å². The van der Waals surface area contributed by atoms with Crippen molar-refractivity contribution in [1.82, 2.24) is 4.72 Å². The van der Waals surface area contributed by atoms with Gasteiger partial charge in [0.05, 0.1) is 12.4 Å². The summed E-state index contributed by atoms with van der Waals surface area (Å²) in [6.45, 7) is 4.05. The Morgan fingerprint density at radius 2 is 2.24 bits per heavy atom. The van der Waals surface area contributed by atoms with Crippen LogP contribution >= 0.6 is 0 Å². The zero-order valence-corrected chi connectivity index (χ0v) is 13.3. The number of aryl methyl sites for hydroxylation is 1. The zero-order chi connectivity index (χ0) is 15.1. The maximum Gasteiger partial charge on any atom is 0.213 e. The maximum atomic E-state index is 11.8. The quantitative estimate of drug-likeness (QED) is 0.715. The predicted octanol–water partition coefficient (Wildman–Crippen LogP) is 1.54. The molecule has 21 heavy (non-hydrogen) atoms. The lowest BCUT2D eigenvalue weighted by atomic mass is 9.98. The number of sulfonamides is 1. The molecule has 1 aromatic rings. The lowest BCUT2D eigenvalue weighted by Crippen LogP contribution is -2.30. The summed E-state index contributed by atoms with van der Waals surface area (Å²) in [7, 11) is -3.24. The van der Waals surface area contributed by atoms with Crippen molar-refractivity contribution in [2.45, 2.75) is 26.2 Å². The molecule has 0 fully saturated rings. The number of rotatable bonds is 8. The van der Waals surface area contributed by atoms with Crippen molar-refractivity contribution in [1.29, 1.82) is 0 Å². The van der Waals surface area contributed by atoms with Gasteiger partial charge in [0.1, 0.15) is 0 Å². The van der Waals surface area contributed by atoms with E-state index in [2.05, 4.69) is 22.2 Å². The van der Waals surface area contributed by atoms with Gasteiger partial charge in [-0.05, 0) is 37.3 Å². The van der Waals surface area contributed by atoms with Gasteiger partial charge in [-0.15, -0.1) is 0 Å². The fraction of sp³-hybridized carbons (Fsp3) is 0.600. The second-order valence-corrected chi connectivity index (χ2v) is 7.07. The van der Waals surface area contributed by atoms with Gasteiger partial charge < -0.3 is 10.1 Å². The van der Waals surface area contributed by atoms with Crippen LogP contribution in [0.5, 0.6) is 0 Å². The molecule has 1 aromatic carbocycles. The minimum Gasteiger partial charge on any atom is -0.385 e. The van der Waals surface area contributed by atoms with Gasteiger partial charge >= 0.3 is 0 Å². The third-order valence-electron chi connectivity index (χ3n) is 3.58. The Bertz CT molecular complexity index is 558. The molecule has 0 saturated carbocycles. The van der Waals surface area contributed by atoms with Gasteiger partial charge in [0, 0.05) is 25.4 Å². The average Bonchev–Trinajstić information content (AvgIpc) is 2.47. The molecule has 1 aliphatic heterocycles. The van der Waals surface area contributed by atoms with Crippen LogP contribution in [0.2, 0.25) is 0 Å². The molecule has 6 heteroatoms. The number of ether oxygens (including phenoxy) is 1. The van der Waals surface area contributed by atoms with Crippen LogP contribution in [0.15, 0.2) is 18.2 Å². The summed E-state index contributed by atoms with van der Waals surface area (Å²) in [4.78, 5) is 0. The molecule has 0 bridgehead atoms. The van der Waals surface area contributed by atoms with E-state index in [0.717, 1.165) is 19.4 Å². The summed E-state index contributed by atoms with van der Waals surface area (Å²) in [6, 6.07) is 6.24. The molecular formula is C15H24N2O3S. The van der Waals surface area contributed by atoms with E-state index in [9.17, 15) is 8.42 Å². The summed E-state index contributed by atoms with van der Waals surface area (Å²) in [6.07, 6.45) is 2.95. The van der Waals surface area contributed by atoms with E-state index in [0.29, 0.717) is 19.6 Å². The molecule has 0 amide bonds. The van der Waals surface area contributed by atoms with Gasteiger partial charge in [-0.2, -0.15) is 0 Å². The normalized spacial score (nSPS) is 14.5. The molecule has 0 saturated heterocycles. The molecule has 1 heterocycles. The predicted molar refractivity (Wildman–Crippen MR) is 85.2 cm³/mol. The highest BCUT2D eigenvalue weighted by Gasteiger charge is 2.13. The van der Waals surface area contributed by atoms with Crippen LogP contribution in [-0.4, -0.2) is 40.5 Å². The average molecular weight is 312 g/mol. The molecule has 0 unspecified atom stereocenters. The Labute approximate surface area is 127 Å². The fourth-order valence-corrected chi connectivity index (χ4v) is 3.41. The third kappa shape index (κ3) is 4.98. The Morgan fingerprint density at radius 1 is 1.38 bits per heavy atom. The molecule has 0 radical (unpaired) electrons. The van der Waals surface area contributed by atoms with Crippen LogP contribution in [-0.2, 0) is 27.6 Å². The number of hydrogen-bond donors (Lipinski definition) is 2. The Balaban J connectivity index is 1.86. The monoisotopic (exact) mass is 312 g/mol. The SMILES string of the molecule is CCOCCS(=O)(=O)NCCc1cccc2c1NCCC2. The largest absolute Gasteiger partial charge is 0.385 e. The molecule has 0 atom stereocenters. The highest BCUT2D eigenvalue weighted by molar-refractivity contribution is 7.89. The number of hydrogen-bond acceptors (Lipinski definition) is 4. The summed E-state index contributed by atoms with van der Waals surface area (Å²) < 4.78 is 31.3. The van der Waals surface area contributed by atoms with Gasteiger partial charge in [0.2, 0.25) is 10.0 Å². The van der Waals surface area contributed by atoms with Crippen molar-refractivity contribution in [3.05, 3.63) is 29.3 Å². The van der Waals surface area contributed by atoms with E-state index >= 15 is 0 Å². The fourth-order valence-electron chi connectivity index (χ4n) is 2.52. The Kier molecular flexibility index (Phi) is 6.02. The highest BCUT2D eigenvalue weighted by Crippen LogP contribution is 2.26. The number of benzene rings is 1. The van der Waals surface area contributed by atoms with E-state index in [1.54, 1.807) is 0 Å². The Hall–Kier alpha value is -1.11. The molecule has 5 nitrogen and oxygen atoms in total. The topological polar surface area (TPSA) is 67.4 Å². The summed E-state index contributed by atoms with van der Waals surface area (Å²) >= 11 is 0. The highest BCUT2D eigenvalue weighted by atomic mass is 32.2. The van der Waals surface area contributed by atoms with Gasteiger partial charge in [-0.1, -0.05) is 18.2 Å². The minimum absolute atomic E-state index is 0.0198. The summed E-state index contributed by atoms with van der Waals surface area (Å²) in [5.41, 5.74) is 3.70. The van der Waals surface area contributed by atoms with Gasteiger partial charge in [-0.3, -0.25) is 0 Å². The van der Waals surface area contributed by atoms with Crippen molar-refractivity contribution >= 4 is 15.7 Å². The number of para-hydroxylation sites is 1. The lowest BCUT2D eigenvalue weighted by molar-refractivity contribution is 0.163. The van der Waals surface area contributed by atoms with Crippen LogP contribution in [0.25, 0.3) is 0 Å². The van der Waals surface area contributed by atoms with Crippen LogP contribution in [0.3, 0.4) is 0 Å². The second kappa shape index (κ2) is 7.77. The van der Waals surface area contributed by atoms with Crippen LogP contribution in [0, 0.1) is 0 Å². The zero-order valence-electron chi connectivity index (χ0n) is 12.5. The van der Waals surface area contributed by atoms with E-state index in [4.69, 9.17) is 4.74 Å². The summed E-state index contributed by atoms with van der Waals surface area (Å²) in [5.74, 6) is 0.0198. The van der Waals surface area contributed by atoms with E-state index in [1.807, 2.05) is 13.0 Å². The third-order valence-corrected chi connectivity index (χ3v) is 4.93. The van der Waals surface area contributed by atoms with Crippen LogP contribution in [0.4, 0.5) is 5.69 Å². The first kappa shape index (κ1) is 16.3. The van der Waals surface area contributed by atoms with Crippen molar-refractivity contribution in [2.75, 3.05) is 37.4 Å². The number of fused-ring (bicyclic) bond motifs is 1. The van der Waals surface area contributed by atoms with Gasteiger partial charge in [0.15, 0.2) is 0 Å². The first-order chi connectivity index (χ1) is 10.1.